The van der Waals surface area contributed by atoms with Crippen molar-refractivity contribution < 1.29 is 25.8 Å². The lowest BCUT2D eigenvalue weighted by molar-refractivity contribution is -0.0519. The fourth-order valence-corrected chi connectivity index (χ4v) is 1.27. The van der Waals surface area contributed by atoms with E-state index in [9.17, 15) is 21.6 Å². The van der Waals surface area contributed by atoms with Gasteiger partial charge in [-0.25, -0.2) is 0 Å². The molecule has 0 saturated carbocycles. The van der Waals surface area contributed by atoms with Gasteiger partial charge in [0.15, 0.2) is 0 Å². The standard InChI is InChI=1S/C8H7F3O3S/c1-6-2-4-7(5-3-6)14-15(12,13)8(9,10)11/h2,4-5H,1,3H2. The zero-order valence-corrected chi connectivity index (χ0v) is 8.23. The monoisotopic (exact) mass is 240 g/mol. The third-order valence-electron chi connectivity index (χ3n) is 1.54. The van der Waals surface area contributed by atoms with Crippen molar-refractivity contribution >= 4 is 10.1 Å². The summed E-state index contributed by atoms with van der Waals surface area (Å²) >= 11 is 0. The van der Waals surface area contributed by atoms with Crippen LogP contribution in [-0.4, -0.2) is 13.9 Å². The van der Waals surface area contributed by atoms with E-state index in [1.807, 2.05) is 0 Å². The summed E-state index contributed by atoms with van der Waals surface area (Å²) in [4.78, 5) is 0. The first-order valence-electron chi connectivity index (χ1n) is 3.79. The molecule has 0 aromatic carbocycles. The molecular weight excluding hydrogens is 233 g/mol. The lowest BCUT2D eigenvalue weighted by Gasteiger charge is -2.12. The summed E-state index contributed by atoms with van der Waals surface area (Å²) in [5, 5.41) is 0. The quantitative estimate of drug-likeness (QED) is 0.549. The first kappa shape index (κ1) is 11.8. The smallest absolute Gasteiger partial charge is 0.376 e. The van der Waals surface area contributed by atoms with E-state index in [1.54, 1.807) is 0 Å². The highest BCUT2D eigenvalue weighted by Crippen LogP contribution is 2.28. The Morgan fingerprint density at radius 1 is 1.33 bits per heavy atom. The summed E-state index contributed by atoms with van der Waals surface area (Å²) in [5.41, 5.74) is -4.75. The number of hydrogen-bond acceptors (Lipinski definition) is 3. The van der Waals surface area contributed by atoms with Gasteiger partial charge in [-0.3, -0.25) is 0 Å². The van der Waals surface area contributed by atoms with Crippen molar-refractivity contribution in [2.75, 3.05) is 0 Å². The van der Waals surface area contributed by atoms with E-state index >= 15 is 0 Å². The van der Waals surface area contributed by atoms with Gasteiger partial charge in [0.05, 0.1) is 0 Å². The second-order valence-electron chi connectivity index (χ2n) is 2.79. The minimum absolute atomic E-state index is 0.263. The van der Waals surface area contributed by atoms with E-state index in [4.69, 9.17) is 0 Å². The van der Waals surface area contributed by atoms with Gasteiger partial charge in [-0.2, -0.15) is 21.6 Å². The Balaban J connectivity index is 2.81. The zero-order valence-electron chi connectivity index (χ0n) is 7.41. The molecule has 1 rings (SSSR count). The van der Waals surface area contributed by atoms with Crippen LogP contribution in [-0.2, 0) is 14.3 Å². The maximum Gasteiger partial charge on any atom is 0.534 e. The van der Waals surface area contributed by atoms with Crippen molar-refractivity contribution in [2.24, 2.45) is 0 Å². The van der Waals surface area contributed by atoms with Crippen LogP contribution in [0.25, 0.3) is 0 Å². The van der Waals surface area contributed by atoms with Gasteiger partial charge in [-0.1, -0.05) is 18.2 Å². The van der Waals surface area contributed by atoms with Crippen molar-refractivity contribution in [1.82, 2.24) is 0 Å². The van der Waals surface area contributed by atoms with Gasteiger partial charge >= 0.3 is 15.6 Å². The van der Waals surface area contributed by atoms with Crippen LogP contribution >= 0.6 is 0 Å². The van der Waals surface area contributed by atoms with Gasteiger partial charge in [0.2, 0.25) is 0 Å². The molecule has 0 amide bonds. The van der Waals surface area contributed by atoms with Crippen LogP contribution in [0.15, 0.2) is 36.1 Å². The van der Waals surface area contributed by atoms with Crippen LogP contribution in [0.1, 0.15) is 6.42 Å². The minimum Gasteiger partial charge on any atom is -0.376 e. The Morgan fingerprint density at radius 2 is 1.93 bits per heavy atom. The molecule has 0 spiro atoms. The molecule has 1 aliphatic carbocycles. The summed E-state index contributed by atoms with van der Waals surface area (Å²) < 4.78 is 60.6. The third-order valence-corrected chi connectivity index (χ3v) is 2.52. The van der Waals surface area contributed by atoms with E-state index in [1.165, 1.54) is 12.2 Å². The molecule has 7 heteroatoms. The fourth-order valence-electron chi connectivity index (χ4n) is 0.803. The highest BCUT2D eigenvalue weighted by Gasteiger charge is 2.48. The lowest BCUT2D eigenvalue weighted by atomic mass is 10.1. The van der Waals surface area contributed by atoms with E-state index in [0.29, 0.717) is 5.57 Å². The van der Waals surface area contributed by atoms with Crippen LogP contribution in [0.2, 0.25) is 0 Å². The molecule has 3 nitrogen and oxygen atoms in total. The maximum atomic E-state index is 11.9. The average molecular weight is 240 g/mol. The SMILES string of the molecule is C=C1C=CC(OS(=O)(=O)C(F)(F)F)=CC1. The molecule has 0 bridgehead atoms. The Bertz CT molecular complexity index is 429. The van der Waals surface area contributed by atoms with E-state index in [0.717, 1.165) is 6.08 Å². The fraction of sp³-hybridized carbons (Fsp3) is 0.250. The highest BCUT2D eigenvalue weighted by atomic mass is 32.2. The molecule has 0 saturated heterocycles. The van der Waals surface area contributed by atoms with Crippen LogP contribution in [0.4, 0.5) is 13.2 Å². The normalized spacial score (nSPS) is 17.5. The molecule has 15 heavy (non-hydrogen) atoms. The second kappa shape index (κ2) is 3.73. The Hall–Kier alpha value is -1.24. The third kappa shape index (κ3) is 2.85. The molecule has 0 aromatic rings. The van der Waals surface area contributed by atoms with Gasteiger partial charge in [0.1, 0.15) is 5.76 Å². The van der Waals surface area contributed by atoms with E-state index < -0.39 is 15.6 Å². The number of halogens is 3. The van der Waals surface area contributed by atoms with Crippen molar-refractivity contribution in [3.8, 4) is 0 Å². The van der Waals surface area contributed by atoms with Crippen molar-refractivity contribution in [3.05, 3.63) is 36.1 Å². The first-order chi connectivity index (χ1) is 6.72. The average Bonchev–Trinajstić information content (AvgIpc) is 2.06. The molecule has 0 unspecified atom stereocenters. The Kier molecular flexibility index (Phi) is 2.94. The summed E-state index contributed by atoms with van der Waals surface area (Å²) in [6.07, 6.45) is 3.99. The number of allylic oxidation sites excluding steroid dienone is 4. The molecule has 1 aliphatic rings. The van der Waals surface area contributed by atoms with Gasteiger partial charge < -0.3 is 4.18 Å². The number of rotatable bonds is 2. The summed E-state index contributed by atoms with van der Waals surface area (Å²) in [6.45, 7) is 3.54. The predicted octanol–water partition coefficient (Wildman–Crippen LogP) is 2.25. The van der Waals surface area contributed by atoms with Crippen molar-refractivity contribution in [3.63, 3.8) is 0 Å². The van der Waals surface area contributed by atoms with Gasteiger partial charge in [-0.15, -0.1) is 0 Å². The van der Waals surface area contributed by atoms with Gasteiger partial charge in [0, 0.05) is 0 Å². The summed E-state index contributed by atoms with van der Waals surface area (Å²) in [7, 11) is -5.56. The Labute approximate surface area is 84.7 Å². The summed E-state index contributed by atoms with van der Waals surface area (Å²) in [5.74, 6) is -0.347. The van der Waals surface area contributed by atoms with Crippen LogP contribution < -0.4 is 0 Å². The molecule has 0 aromatic heterocycles. The lowest BCUT2D eigenvalue weighted by Crippen LogP contribution is -2.25. The van der Waals surface area contributed by atoms with Crippen LogP contribution in [0.3, 0.4) is 0 Å². The van der Waals surface area contributed by atoms with Crippen molar-refractivity contribution in [2.45, 2.75) is 11.9 Å². The molecule has 84 valence electrons. The van der Waals surface area contributed by atoms with Gasteiger partial charge in [0.25, 0.3) is 0 Å². The van der Waals surface area contributed by atoms with Crippen molar-refractivity contribution in [1.29, 1.82) is 0 Å². The molecule has 0 fully saturated rings. The molecule has 0 N–H and O–H groups in total. The van der Waals surface area contributed by atoms with Crippen LogP contribution in [0.5, 0.6) is 0 Å². The summed E-state index contributed by atoms with van der Waals surface area (Å²) in [6, 6.07) is 0. The molecular formula is C8H7F3O3S. The number of alkyl halides is 3. The topological polar surface area (TPSA) is 43.4 Å². The largest absolute Gasteiger partial charge is 0.534 e. The molecule has 0 atom stereocenters. The molecule has 0 aliphatic heterocycles. The molecule has 0 radical (unpaired) electrons. The van der Waals surface area contributed by atoms with Gasteiger partial charge in [-0.05, 0) is 18.6 Å². The highest BCUT2D eigenvalue weighted by molar-refractivity contribution is 7.87. The first-order valence-corrected chi connectivity index (χ1v) is 5.20. The van der Waals surface area contributed by atoms with E-state index in [-0.39, 0.29) is 12.2 Å². The second-order valence-corrected chi connectivity index (χ2v) is 4.32. The Morgan fingerprint density at radius 3 is 2.33 bits per heavy atom. The van der Waals surface area contributed by atoms with Crippen LogP contribution in [0, 0.1) is 0 Å². The predicted molar refractivity (Wildman–Crippen MR) is 47.0 cm³/mol. The minimum atomic E-state index is -5.56. The maximum absolute atomic E-state index is 11.9. The zero-order chi connectivity index (χ0) is 11.7. The van der Waals surface area contributed by atoms with E-state index in [2.05, 4.69) is 10.8 Å². The molecule has 0 heterocycles. The number of hydrogen-bond donors (Lipinski definition) is 0.